The van der Waals surface area contributed by atoms with E-state index in [1.54, 1.807) is 0 Å². The highest BCUT2D eigenvalue weighted by molar-refractivity contribution is 5.16. The Morgan fingerprint density at radius 3 is 2.77 bits per heavy atom. The lowest BCUT2D eigenvalue weighted by atomic mass is 9.70. The highest BCUT2D eigenvalue weighted by Crippen LogP contribution is 2.54. The van der Waals surface area contributed by atoms with E-state index in [1.165, 1.54) is 17.6 Å². The van der Waals surface area contributed by atoms with Crippen molar-refractivity contribution in [2.45, 2.75) is 65.4 Å². The lowest BCUT2D eigenvalue weighted by Gasteiger charge is -2.36. The van der Waals surface area contributed by atoms with Crippen LogP contribution in [0.2, 0.25) is 0 Å². The zero-order chi connectivity index (χ0) is 16.3. The standard InChI is InChI=1S/C20H32O2/c1-14(2)17-10-11-20(4)12-19(22)16(13-21)7-5-6-15(3)8-9-18(17)20/h7-8,17-19,21-22H,1,5-6,9-13H2,2-4H3/b15-8+,16-7+/t17-,18-,19+,20+/m0/s1. The third kappa shape index (κ3) is 3.72. The van der Waals surface area contributed by atoms with E-state index in [4.69, 9.17) is 0 Å². The predicted octanol–water partition coefficient (Wildman–Crippen LogP) is 4.39. The van der Waals surface area contributed by atoms with E-state index in [-0.39, 0.29) is 12.0 Å². The molecule has 0 heterocycles. The zero-order valence-electron chi connectivity index (χ0n) is 14.4. The van der Waals surface area contributed by atoms with Gasteiger partial charge in [-0.3, -0.25) is 0 Å². The molecular formula is C20H32O2. The minimum atomic E-state index is -0.514. The van der Waals surface area contributed by atoms with Gasteiger partial charge in [0.2, 0.25) is 0 Å². The van der Waals surface area contributed by atoms with Crippen LogP contribution in [-0.4, -0.2) is 22.9 Å². The molecule has 0 aromatic heterocycles. The fraction of sp³-hybridized carbons (Fsp3) is 0.700. The van der Waals surface area contributed by atoms with Crippen molar-refractivity contribution in [3.63, 3.8) is 0 Å². The summed E-state index contributed by atoms with van der Waals surface area (Å²) in [5, 5.41) is 20.2. The average molecular weight is 304 g/mol. The van der Waals surface area contributed by atoms with Gasteiger partial charge in [-0.05, 0) is 75.2 Å². The summed E-state index contributed by atoms with van der Waals surface area (Å²) in [7, 11) is 0. The van der Waals surface area contributed by atoms with E-state index in [0.29, 0.717) is 11.8 Å². The van der Waals surface area contributed by atoms with Gasteiger partial charge in [0, 0.05) is 0 Å². The second-order valence-corrected chi connectivity index (χ2v) is 7.73. The highest BCUT2D eigenvalue weighted by atomic mass is 16.3. The number of hydrogen-bond donors (Lipinski definition) is 2. The molecule has 2 nitrogen and oxygen atoms in total. The van der Waals surface area contributed by atoms with Gasteiger partial charge in [-0.15, -0.1) is 0 Å². The molecule has 0 aliphatic heterocycles. The van der Waals surface area contributed by atoms with Gasteiger partial charge in [0.05, 0.1) is 12.7 Å². The Morgan fingerprint density at radius 2 is 2.14 bits per heavy atom. The van der Waals surface area contributed by atoms with E-state index in [2.05, 4.69) is 33.4 Å². The molecule has 2 aliphatic carbocycles. The van der Waals surface area contributed by atoms with Crippen LogP contribution >= 0.6 is 0 Å². The molecule has 2 rings (SSSR count). The van der Waals surface area contributed by atoms with Gasteiger partial charge in [-0.1, -0.05) is 36.8 Å². The number of fused-ring (bicyclic) bond motifs is 1. The summed E-state index contributed by atoms with van der Waals surface area (Å²) in [5.74, 6) is 1.11. The fourth-order valence-electron chi connectivity index (χ4n) is 4.44. The maximum absolute atomic E-state index is 10.6. The molecule has 2 aliphatic rings. The van der Waals surface area contributed by atoms with Crippen LogP contribution < -0.4 is 0 Å². The van der Waals surface area contributed by atoms with Crippen LogP contribution in [0, 0.1) is 17.3 Å². The molecule has 0 amide bonds. The first-order chi connectivity index (χ1) is 10.4. The van der Waals surface area contributed by atoms with Gasteiger partial charge >= 0.3 is 0 Å². The van der Waals surface area contributed by atoms with E-state index < -0.39 is 6.10 Å². The Balaban J connectivity index is 2.33. The lowest BCUT2D eigenvalue weighted by Crippen LogP contribution is -2.31. The van der Waals surface area contributed by atoms with Crippen molar-refractivity contribution in [2.24, 2.45) is 17.3 Å². The molecule has 124 valence electrons. The van der Waals surface area contributed by atoms with Crippen molar-refractivity contribution in [1.29, 1.82) is 0 Å². The summed E-state index contributed by atoms with van der Waals surface area (Å²) in [4.78, 5) is 0. The third-order valence-corrected chi connectivity index (χ3v) is 5.98. The molecule has 0 aromatic carbocycles. The van der Waals surface area contributed by atoms with Crippen molar-refractivity contribution in [1.82, 2.24) is 0 Å². The highest BCUT2D eigenvalue weighted by Gasteiger charge is 2.45. The number of hydrogen-bond acceptors (Lipinski definition) is 2. The topological polar surface area (TPSA) is 40.5 Å². The molecular weight excluding hydrogens is 272 g/mol. The van der Waals surface area contributed by atoms with E-state index in [0.717, 1.165) is 37.7 Å². The molecule has 1 saturated carbocycles. The SMILES string of the molecule is C=C(C)[C@@H]1CC[C@]2(C)C[C@@H](O)/C(CO)=C/CC/C(C)=C/C[C@@H]12. The van der Waals surface area contributed by atoms with Gasteiger partial charge < -0.3 is 10.2 Å². The minimum absolute atomic E-state index is 0.0331. The second-order valence-electron chi connectivity index (χ2n) is 7.73. The number of rotatable bonds is 2. The first-order valence-electron chi connectivity index (χ1n) is 8.66. The van der Waals surface area contributed by atoms with Gasteiger partial charge in [0.25, 0.3) is 0 Å². The second kappa shape index (κ2) is 7.14. The van der Waals surface area contributed by atoms with Crippen molar-refractivity contribution in [3.8, 4) is 0 Å². The average Bonchev–Trinajstić information content (AvgIpc) is 2.76. The van der Waals surface area contributed by atoms with E-state index in [1.807, 2.05) is 6.08 Å². The quantitative estimate of drug-likeness (QED) is 0.743. The van der Waals surface area contributed by atoms with Gasteiger partial charge in [0.1, 0.15) is 0 Å². The van der Waals surface area contributed by atoms with E-state index >= 15 is 0 Å². The fourth-order valence-corrected chi connectivity index (χ4v) is 4.44. The Hall–Kier alpha value is -0.860. The maximum atomic E-state index is 10.6. The number of allylic oxidation sites excluding steroid dienone is 4. The monoisotopic (exact) mass is 304 g/mol. The molecule has 0 radical (unpaired) electrons. The van der Waals surface area contributed by atoms with Gasteiger partial charge in [0.15, 0.2) is 0 Å². The van der Waals surface area contributed by atoms with Crippen LogP contribution in [0.3, 0.4) is 0 Å². The zero-order valence-corrected chi connectivity index (χ0v) is 14.4. The molecule has 0 aromatic rings. The molecule has 2 heteroatoms. The Labute approximate surface area is 135 Å². The summed E-state index contributed by atoms with van der Waals surface area (Å²) in [6.07, 6.45) is 9.98. The van der Waals surface area contributed by atoms with Crippen LogP contribution in [-0.2, 0) is 0 Å². The van der Waals surface area contributed by atoms with Crippen molar-refractivity contribution < 1.29 is 10.2 Å². The van der Waals surface area contributed by atoms with Crippen molar-refractivity contribution >= 4 is 0 Å². The normalized spacial score (nSPS) is 41.6. The third-order valence-electron chi connectivity index (χ3n) is 5.98. The smallest absolute Gasteiger partial charge is 0.0777 e. The maximum Gasteiger partial charge on any atom is 0.0777 e. The van der Waals surface area contributed by atoms with Crippen LogP contribution in [0.5, 0.6) is 0 Å². The summed E-state index contributed by atoms with van der Waals surface area (Å²) >= 11 is 0. The summed E-state index contributed by atoms with van der Waals surface area (Å²) in [6, 6.07) is 0. The largest absolute Gasteiger partial charge is 0.392 e. The molecule has 0 saturated heterocycles. The first kappa shape index (κ1) is 17.5. The molecule has 1 fully saturated rings. The number of aliphatic hydroxyl groups is 2. The van der Waals surface area contributed by atoms with Crippen LogP contribution in [0.1, 0.15) is 59.3 Å². The van der Waals surface area contributed by atoms with Gasteiger partial charge in [-0.25, -0.2) is 0 Å². The Bertz CT molecular complexity index is 474. The predicted molar refractivity (Wildman–Crippen MR) is 92.5 cm³/mol. The first-order valence-corrected chi connectivity index (χ1v) is 8.66. The van der Waals surface area contributed by atoms with Crippen LogP contribution in [0.15, 0.2) is 35.5 Å². The summed E-state index contributed by atoms with van der Waals surface area (Å²) < 4.78 is 0. The number of aliphatic hydroxyl groups excluding tert-OH is 2. The molecule has 2 N–H and O–H groups in total. The lowest BCUT2D eigenvalue weighted by molar-refractivity contribution is 0.0903. The summed E-state index contributed by atoms with van der Waals surface area (Å²) in [5.41, 5.74) is 3.62. The minimum Gasteiger partial charge on any atom is -0.392 e. The van der Waals surface area contributed by atoms with Crippen molar-refractivity contribution in [2.75, 3.05) is 6.61 Å². The Morgan fingerprint density at radius 1 is 1.41 bits per heavy atom. The molecule has 0 bridgehead atoms. The molecule has 22 heavy (non-hydrogen) atoms. The van der Waals surface area contributed by atoms with Crippen LogP contribution in [0.25, 0.3) is 0 Å². The Kier molecular flexibility index (Phi) is 5.68. The molecule has 0 spiro atoms. The van der Waals surface area contributed by atoms with Crippen molar-refractivity contribution in [3.05, 3.63) is 35.5 Å². The molecule has 4 atom stereocenters. The van der Waals surface area contributed by atoms with Crippen LogP contribution in [0.4, 0.5) is 0 Å². The molecule has 0 unspecified atom stereocenters. The van der Waals surface area contributed by atoms with Gasteiger partial charge in [-0.2, -0.15) is 0 Å². The van der Waals surface area contributed by atoms with E-state index in [9.17, 15) is 10.2 Å². The summed E-state index contributed by atoms with van der Waals surface area (Å²) in [6.45, 7) is 10.8.